The molecule has 3 rings (SSSR count). The Morgan fingerprint density at radius 1 is 1.30 bits per heavy atom. The summed E-state index contributed by atoms with van der Waals surface area (Å²) in [7, 11) is 2.20. The summed E-state index contributed by atoms with van der Waals surface area (Å²) in [5, 5.41) is 3.57. The summed E-state index contributed by atoms with van der Waals surface area (Å²) in [4.78, 5) is 4.92. The molecular weight excluding hydrogens is 314 g/mol. The average Bonchev–Trinajstić information content (AvgIpc) is 3.22. The minimum absolute atomic E-state index is 0.570. The average molecular weight is 338 g/mol. The number of piperazine rings is 1. The summed E-state index contributed by atoms with van der Waals surface area (Å²) >= 11 is 3.76. The van der Waals surface area contributed by atoms with Crippen LogP contribution in [0.25, 0.3) is 0 Å². The third-order valence-electron chi connectivity index (χ3n) is 4.32. The third kappa shape index (κ3) is 3.35. The summed E-state index contributed by atoms with van der Waals surface area (Å²) in [5.74, 6) is 0. The number of nitrogens with zero attached hydrogens (tertiary/aromatic N) is 2. The van der Waals surface area contributed by atoms with Crippen LogP contribution in [0.15, 0.2) is 22.7 Å². The highest BCUT2D eigenvalue weighted by atomic mass is 79.9. The smallest absolute Gasteiger partial charge is 0.0514 e. The summed E-state index contributed by atoms with van der Waals surface area (Å²) in [5.41, 5.74) is 2.70. The summed E-state index contributed by atoms with van der Waals surface area (Å²) < 4.78 is 1.23. The lowest BCUT2D eigenvalue weighted by molar-refractivity contribution is 0.275. The van der Waals surface area contributed by atoms with E-state index in [2.05, 4.69) is 63.2 Å². The maximum atomic E-state index is 3.76. The van der Waals surface area contributed by atoms with Gasteiger partial charge in [0.1, 0.15) is 0 Å². The van der Waals surface area contributed by atoms with Gasteiger partial charge in [-0.15, -0.1) is 0 Å². The molecule has 0 spiro atoms. The molecule has 110 valence electrons. The minimum atomic E-state index is 0.570. The Morgan fingerprint density at radius 2 is 2.10 bits per heavy atom. The van der Waals surface area contributed by atoms with Crippen LogP contribution in [-0.4, -0.2) is 43.7 Å². The molecule has 1 saturated carbocycles. The van der Waals surface area contributed by atoms with Gasteiger partial charge in [-0.3, -0.25) is 0 Å². The van der Waals surface area contributed by atoms with Crippen molar-refractivity contribution in [3.05, 3.63) is 28.2 Å². The second-order valence-electron chi connectivity index (χ2n) is 6.25. The lowest BCUT2D eigenvalue weighted by Crippen LogP contribution is -2.50. The number of halogens is 1. The van der Waals surface area contributed by atoms with Gasteiger partial charge in [0, 0.05) is 42.7 Å². The van der Waals surface area contributed by atoms with Gasteiger partial charge in [-0.25, -0.2) is 0 Å². The van der Waals surface area contributed by atoms with E-state index in [0.29, 0.717) is 6.04 Å². The zero-order chi connectivity index (χ0) is 14.1. The van der Waals surface area contributed by atoms with E-state index in [1.165, 1.54) is 28.6 Å². The normalized spacial score (nSPS) is 24.1. The third-order valence-corrected chi connectivity index (χ3v) is 4.96. The van der Waals surface area contributed by atoms with Gasteiger partial charge in [0.05, 0.1) is 5.69 Å². The molecule has 0 aromatic heterocycles. The van der Waals surface area contributed by atoms with Crippen LogP contribution in [0.2, 0.25) is 0 Å². The van der Waals surface area contributed by atoms with E-state index < -0.39 is 0 Å². The van der Waals surface area contributed by atoms with Crippen LogP contribution in [0.5, 0.6) is 0 Å². The second kappa shape index (κ2) is 6.04. The molecular formula is C16H24BrN3. The van der Waals surface area contributed by atoms with Crippen LogP contribution in [0.4, 0.5) is 5.69 Å². The highest BCUT2D eigenvalue weighted by Gasteiger charge is 2.23. The largest absolute Gasteiger partial charge is 0.365 e. The molecule has 0 radical (unpaired) electrons. The molecule has 3 nitrogen and oxygen atoms in total. The van der Waals surface area contributed by atoms with Crippen molar-refractivity contribution < 1.29 is 0 Å². The van der Waals surface area contributed by atoms with Crippen LogP contribution in [0, 0.1) is 0 Å². The molecule has 1 aliphatic heterocycles. The Bertz CT molecular complexity index is 473. The van der Waals surface area contributed by atoms with E-state index >= 15 is 0 Å². The van der Waals surface area contributed by atoms with Gasteiger partial charge in [0.15, 0.2) is 0 Å². The highest BCUT2D eigenvalue weighted by Crippen LogP contribution is 2.30. The maximum absolute atomic E-state index is 3.76. The quantitative estimate of drug-likeness (QED) is 0.911. The van der Waals surface area contributed by atoms with Crippen LogP contribution in [0.3, 0.4) is 0 Å². The van der Waals surface area contributed by atoms with Gasteiger partial charge in [0.2, 0.25) is 0 Å². The number of hydrogen-bond donors (Lipinski definition) is 1. The Balaban J connectivity index is 1.69. The first-order valence-electron chi connectivity index (χ1n) is 7.60. The predicted molar refractivity (Wildman–Crippen MR) is 88.3 cm³/mol. The van der Waals surface area contributed by atoms with Crippen molar-refractivity contribution in [3.63, 3.8) is 0 Å². The van der Waals surface area contributed by atoms with Crippen molar-refractivity contribution in [1.82, 2.24) is 10.2 Å². The number of likely N-dealkylation sites (N-methyl/N-ethyl adjacent to an activating group) is 1. The van der Waals surface area contributed by atoms with Crippen molar-refractivity contribution in [3.8, 4) is 0 Å². The number of rotatable bonds is 4. The fraction of sp³-hybridized carbons (Fsp3) is 0.625. The zero-order valence-electron chi connectivity index (χ0n) is 12.4. The van der Waals surface area contributed by atoms with E-state index in [4.69, 9.17) is 0 Å². The van der Waals surface area contributed by atoms with E-state index in [1.54, 1.807) is 0 Å². The summed E-state index contributed by atoms with van der Waals surface area (Å²) in [6.45, 7) is 6.68. The SMILES string of the molecule is CC1CN(C)CCN1c1ccc(CNC2CC2)cc1Br. The van der Waals surface area contributed by atoms with Crippen molar-refractivity contribution in [2.24, 2.45) is 0 Å². The number of benzene rings is 1. The molecule has 1 aliphatic carbocycles. The summed E-state index contributed by atoms with van der Waals surface area (Å²) in [6.07, 6.45) is 2.69. The molecule has 4 heteroatoms. The summed E-state index contributed by atoms with van der Waals surface area (Å²) in [6, 6.07) is 8.15. The van der Waals surface area contributed by atoms with Crippen LogP contribution in [0.1, 0.15) is 25.3 Å². The van der Waals surface area contributed by atoms with E-state index in [1.807, 2.05) is 0 Å². The molecule has 1 atom stereocenters. The molecule has 0 amide bonds. The molecule has 20 heavy (non-hydrogen) atoms. The van der Waals surface area contributed by atoms with Crippen molar-refractivity contribution >= 4 is 21.6 Å². The minimum Gasteiger partial charge on any atom is -0.365 e. The molecule has 1 heterocycles. The standard InChI is InChI=1S/C16H24BrN3/c1-12-11-19(2)7-8-20(12)16-6-3-13(9-15(16)17)10-18-14-4-5-14/h3,6,9,12,14,18H,4-5,7-8,10-11H2,1-2H3. The topological polar surface area (TPSA) is 18.5 Å². The van der Waals surface area contributed by atoms with E-state index in [0.717, 1.165) is 32.2 Å². The molecule has 1 saturated heterocycles. The first kappa shape index (κ1) is 14.4. The van der Waals surface area contributed by atoms with Crippen LogP contribution < -0.4 is 10.2 Å². The van der Waals surface area contributed by atoms with Gasteiger partial charge in [0.25, 0.3) is 0 Å². The van der Waals surface area contributed by atoms with Gasteiger partial charge in [-0.2, -0.15) is 0 Å². The molecule has 0 bridgehead atoms. The Kier molecular flexibility index (Phi) is 4.34. The van der Waals surface area contributed by atoms with Crippen molar-refractivity contribution in [2.45, 2.75) is 38.4 Å². The highest BCUT2D eigenvalue weighted by molar-refractivity contribution is 9.10. The number of nitrogens with one attached hydrogen (secondary N) is 1. The first-order chi connectivity index (χ1) is 9.63. The number of hydrogen-bond acceptors (Lipinski definition) is 3. The zero-order valence-corrected chi connectivity index (χ0v) is 14.0. The van der Waals surface area contributed by atoms with Gasteiger partial charge < -0.3 is 15.1 Å². The molecule has 2 fully saturated rings. The predicted octanol–water partition coefficient (Wildman–Crippen LogP) is 2.84. The second-order valence-corrected chi connectivity index (χ2v) is 7.10. The molecule has 1 N–H and O–H groups in total. The first-order valence-corrected chi connectivity index (χ1v) is 8.40. The Hall–Kier alpha value is -0.580. The number of anilines is 1. The van der Waals surface area contributed by atoms with Gasteiger partial charge in [-0.1, -0.05) is 6.07 Å². The monoisotopic (exact) mass is 337 g/mol. The Labute approximate surface area is 130 Å². The van der Waals surface area contributed by atoms with Crippen molar-refractivity contribution in [1.29, 1.82) is 0 Å². The molecule has 2 aliphatic rings. The van der Waals surface area contributed by atoms with Crippen LogP contribution in [-0.2, 0) is 6.54 Å². The van der Waals surface area contributed by atoms with E-state index in [9.17, 15) is 0 Å². The Morgan fingerprint density at radius 3 is 2.75 bits per heavy atom. The van der Waals surface area contributed by atoms with Gasteiger partial charge in [-0.05, 0) is 60.4 Å². The lowest BCUT2D eigenvalue weighted by atomic mass is 10.1. The van der Waals surface area contributed by atoms with Gasteiger partial charge >= 0.3 is 0 Å². The molecule has 1 unspecified atom stereocenters. The maximum Gasteiger partial charge on any atom is 0.0514 e. The van der Waals surface area contributed by atoms with E-state index in [-0.39, 0.29) is 0 Å². The van der Waals surface area contributed by atoms with Crippen molar-refractivity contribution in [2.75, 3.05) is 31.6 Å². The molecule has 1 aromatic carbocycles. The van der Waals surface area contributed by atoms with Crippen LogP contribution >= 0.6 is 15.9 Å². The fourth-order valence-electron chi connectivity index (χ4n) is 2.94. The fourth-order valence-corrected chi connectivity index (χ4v) is 3.59. The lowest BCUT2D eigenvalue weighted by Gasteiger charge is -2.40. The molecule has 1 aromatic rings.